The largest absolute Gasteiger partial charge is 0.341 e. The Hall–Kier alpha value is -2.32. The van der Waals surface area contributed by atoms with Crippen LogP contribution in [0.4, 0.5) is 0 Å². The van der Waals surface area contributed by atoms with Gasteiger partial charge in [-0.05, 0) is 30.2 Å². The number of nitrogens with zero attached hydrogens (tertiary/aromatic N) is 1. The lowest BCUT2D eigenvalue weighted by atomic mass is 10.0. The summed E-state index contributed by atoms with van der Waals surface area (Å²) in [4.78, 5) is 0. The number of rotatable bonds is 2. The second-order valence-corrected chi connectivity index (χ2v) is 5.96. The fraction of sp³-hybridized carbons (Fsp3) is 0.200. The van der Waals surface area contributed by atoms with Crippen LogP contribution in [0.1, 0.15) is 22.9 Å². The molecule has 1 aliphatic heterocycles. The second kappa shape index (κ2) is 5.47. The molecule has 1 atom stereocenters. The van der Waals surface area contributed by atoms with Crippen molar-refractivity contribution in [3.63, 3.8) is 0 Å². The normalized spacial score (nSPS) is 17.2. The lowest BCUT2D eigenvalue weighted by molar-refractivity contribution is 0.470. The van der Waals surface area contributed by atoms with Gasteiger partial charge in [0.25, 0.3) is 0 Å². The van der Waals surface area contributed by atoms with Crippen molar-refractivity contribution in [3.8, 4) is 11.3 Å². The van der Waals surface area contributed by atoms with E-state index in [1.807, 2.05) is 0 Å². The molecule has 2 heteroatoms. The van der Waals surface area contributed by atoms with Gasteiger partial charge in [-0.15, -0.1) is 0 Å². The summed E-state index contributed by atoms with van der Waals surface area (Å²) in [5.41, 5.74) is 6.60. The van der Waals surface area contributed by atoms with Crippen LogP contribution in [0.3, 0.4) is 0 Å². The Bertz CT molecular complexity index is 769. The van der Waals surface area contributed by atoms with Gasteiger partial charge in [0.15, 0.2) is 0 Å². The summed E-state index contributed by atoms with van der Waals surface area (Å²) >= 11 is 0. The van der Waals surface area contributed by atoms with E-state index in [4.69, 9.17) is 0 Å². The molecule has 0 saturated heterocycles. The maximum absolute atomic E-state index is 3.64. The molecule has 2 heterocycles. The van der Waals surface area contributed by atoms with E-state index in [1.165, 1.54) is 28.1 Å². The Labute approximate surface area is 131 Å². The topological polar surface area (TPSA) is 17.0 Å². The molecule has 0 aliphatic carbocycles. The van der Waals surface area contributed by atoms with E-state index in [2.05, 4.69) is 83.5 Å². The van der Waals surface area contributed by atoms with Crippen molar-refractivity contribution >= 4 is 0 Å². The van der Waals surface area contributed by atoms with Gasteiger partial charge in [-0.3, -0.25) is 0 Å². The summed E-state index contributed by atoms with van der Waals surface area (Å²) < 4.78 is 2.46. The van der Waals surface area contributed by atoms with Crippen LogP contribution in [0.5, 0.6) is 0 Å². The Morgan fingerprint density at radius 3 is 2.45 bits per heavy atom. The summed E-state index contributed by atoms with van der Waals surface area (Å²) in [6.45, 7) is 4.15. The van der Waals surface area contributed by atoms with Crippen LogP contribution >= 0.6 is 0 Å². The second-order valence-electron chi connectivity index (χ2n) is 5.96. The average molecular weight is 288 g/mol. The fourth-order valence-corrected chi connectivity index (χ4v) is 3.32. The van der Waals surface area contributed by atoms with E-state index in [9.17, 15) is 0 Å². The minimum atomic E-state index is 0.286. The van der Waals surface area contributed by atoms with Crippen LogP contribution in [-0.4, -0.2) is 11.1 Å². The molecular formula is C20H20N2. The van der Waals surface area contributed by atoms with Crippen LogP contribution in [0.15, 0.2) is 66.7 Å². The van der Waals surface area contributed by atoms with Crippen LogP contribution in [0, 0.1) is 6.92 Å². The van der Waals surface area contributed by atoms with Crippen LogP contribution < -0.4 is 5.32 Å². The zero-order valence-corrected chi connectivity index (χ0v) is 12.8. The highest BCUT2D eigenvalue weighted by Crippen LogP contribution is 2.31. The molecule has 4 rings (SSSR count). The number of aryl methyl sites for hydroxylation is 1. The molecule has 0 spiro atoms. The summed E-state index contributed by atoms with van der Waals surface area (Å²) in [6, 6.07) is 24.3. The van der Waals surface area contributed by atoms with Gasteiger partial charge in [0.05, 0.1) is 6.04 Å². The van der Waals surface area contributed by atoms with Gasteiger partial charge >= 0.3 is 0 Å². The Morgan fingerprint density at radius 2 is 1.68 bits per heavy atom. The molecule has 0 bridgehead atoms. The summed E-state index contributed by atoms with van der Waals surface area (Å²) in [7, 11) is 0. The maximum atomic E-state index is 3.64. The molecule has 22 heavy (non-hydrogen) atoms. The number of hydrogen-bond acceptors (Lipinski definition) is 1. The molecule has 2 aromatic carbocycles. The first-order valence-electron chi connectivity index (χ1n) is 7.88. The zero-order valence-electron chi connectivity index (χ0n) is 12.8. The van der Waals surface area contributed by atoms with Crippen LogP contribution in [0.25, 0.3) is 11.3 Å². The maximum Gasteiger partial charge on any atom is 0.0731 e. The minimum Gasteiger partial charge on any atom is -0.341 e. The monoisotopic (exact) mass is 288 g/mol. The molecule has 1 aromatic heterocycles. The highest BCUT2D eigenvalue weighted by atomic mass is 15.1. The predicted octanol–water partition coefficient (Wildman–Crippen LogP) is 4.16. The SMILES string of the molecule is Cc1ccc(-c2ccc3n2CCNC3c2ccccc2)cc1. The van der Waals surface area contributed by atoms with E-state index in [1.54, 1.807) is 0 Å². The van der Waals surface area contributed by atoms with Crippen molar-refractivity contribution in [1.82, 2.24) is 9.88 Å². The summed E-state index contributed by atoms with van der Waals surface area (Å²) in [5.74, 6) is 0. The van der Waals surface area contributed by atoms with Gasteiger partial charge in [-0.25, -0.2) is 0 Å². The first-order chi connectivity index (χ1) is 10.8. The Kier molecular flexibility index (Phi) is 3.32. The summed E-state index contributed by atoms with van der Waals surface area (Å²) in [6.07, 6.45) is 0. The molecule has 0 saturated carbocycles. The van der Waals surface area contributed by atoms with Gasteiger partial charge in [0.2, 0.25) is 0 Å². The van der Waals surface area contributed by atoms with Gasteiger partial charge < -0.3 is 9.88 Å². The van der Waals surface area contributed by atoms with Gasteiger partial charge in [0, 0.05) is 24.5 Å². The lowest BCUT2D eigenvalue weighted by Crippen LogP contribution is -2.33. The third-order valence-corrected chi connectivity index (χ3v) is 4.47. The number of benzene rings is 2. The third-order valence-electron chi connectivity index (χ3n) is 4.47. The van der Waals surface area contributed by atoms with Crippen molar-refractivity contribution in [2.45, 2.75) is 19.5 Å². The van der Waals surface area contributed by atoms with E-state index >= 15 is 0 Å². The molecule has 0 radical (unpaired) electrons. The molecule has 110 valence electrons. The minimum absolute atomic E-state index is 0.286. The quantitative estimate of drug-likeness (QED) is 0.749. The predicted molar refractivity (Wildman–Crippen MR) is 90.9 cm³/mol. The Balaban J connectivity index is 1.77. The van der Waals surface area contributed by atoms with Crippen molar-refractivity contribution in [2.24, 2.45) is 0 Å². The molecular weight excluding hydrogens is 268 g/mol. The molecule has 1 aliphatic rings. The smallest absolute Gasteiger partial charge is 0.0731 e. The summed E-state index contributed by atoms with van der Waals surface area (Å²) in [5, 5.41) is 3.64. The van der Waals surface area contributed by atoms with Crippen LogP contribution in [-0.2, 0) is 6.54 Å². The van der Waals surface area contributed by atoms with E-state index < -0.39 is 0 Å². The highest BCUT2D eigenvalue weighted by molar-refractivity contribution is 5.62. The molecule has 1 N–H and O–H groups in total. The lowest BCUT2D eigenvalue weighted by Gasteiger charge is -2.28. The first-order valence-corrected chi connectivity index (χ1v) is 7.88. The van der Waals surface area contributed by atoms with Gasteiger partial charge in [-0.1, -0.05) is 60.2 Å². The molecule has 0 fully saturated rings. The first kappa shape index (κ1) is 13.4. The number of fused-ring (bicyclic) bond motifs is 1. The number of nitrogens with one attached hydrogen (secondary N) is 1. The molecule has 0 amide bonds. The molecule has 2 nitrogen and oxygen atoms in total. The number of aromatic nitrogens is 1. The molecule has 3 aromatic rings. The van der Waals surface area contributed by atoms with Crippen LogP contribution in [0.2, 0.25) is 0 Å². The van der Waals surface area contributed by atoms with Crippen molar-refractivity contribution in [2.75, 3.05) is 6.54 Å². The third kappa shape index (κ3) is 2.26. The van der Waals surface area contributed by atoms with E-state index in [0.717, 1.165) is 13.1 Å². The Morgan fingerprint density at radius 1 is 0.909 bits per heavy atom. The van der Waals surface area contributed by atoms with Gasteiger partial charge in [0.1, 0.15) is 0 Å². The standard InChI is InChI=1S/C20H20N2/c1-15-7-9-16(10-8-15)18-11-12-19-20(21-13-14-22(18)19)17-5-3-2-4-6-17/h2-12,20-21H,13-14H2,1H3. The average Bonchev–Trinajstić information content (AvgIpc) is 3.00. The molecule has 1 unspecified atom stereocenters. The zero-order chi connectivity index (χ0) is 14.9. The van der Waals surface area contributed by atoms with E-state index in [0.29, 0.717) is 0 Å². The van der Waals surface area contributed by atoms with Crippen molar-refractivity contribution in [3.05, 3.63) is 83.6 Å². The van der Waals surface area contributed by atoms with E-state index in [-0.39, 0.29) is 6.04 Å². The highest BCUT2D eigenvalue weighted by Gasteiger charge is 2.23. The fourth-order valence-electron chi connectivity index (χ4n) is 3.32. The number of hydrogen-bond donors (Lipinski definition) is 1. The van der Waals surface area contributed by atoms with Crippen molar-refractivity contribution < 1.29 is 0 Å². The van der Waals surface area contributed by atoms with Crippen molar-refractivity contribution in [1.29, 1.82) is 0 Å². The van der Waals surface area contributed by atoms with Gasteiger partial charge in [-0.2, -0.15) is 0 Å².